The van der Waals surface area contributed by atoms with Crippen LogP contribution in [0.5, 0.6) is 17.4 Å². The molecule has 0 aliphatic rings. The van der Waals surface area contributed by atoms with Crippen LogP contribution in [-0.2, 0) is 6.42 Å². The summed E-state index contributed by atoms with van der Waals surface area (Å²) in [5.74, 6) is 2.10. The molecule has 6 nitrogen and oxygen atoms in total. The number of carbonyl (C=O) groups excluding carboxylic acids is 1. The highest BCUT2D eigenvalue weighted by atomic mass is 16.5. The summed E-state index contributed by atoms with van der Waals surface area (Å²) in [7, 11) is 1.55. The zero-order valence-corrected chi connectivity index (χ0v) is 18.2. The molecule has 6 heteroatoms. The zero-order chi connectivity index (χ0) is 22.5. The lowest BCUT2D eigenvalue weighted by atomic mass is 10.0. The molecule has 2 aromatic carbocycles. The van der Waals surface area contributed by atoms with Gasteiger partial charge in [-0.3, -0.25) is 4.79 Å². The molecule has 2 aromatic heterocycles. The minimum absolute atomic E-state index is 0.142. The van der Waals surface area contributed by atoms with Crippen LogP contribution in [0.15, 0.2) is 73.1 Å². The molecule has 0 aliphatic heterocycles. The molecule has 0 bridgehead atoms. The lowest BCUT2D eigenvalue weighted by Gasteiger charge is -2.13. The standard InChI is InChI=1S/C26H23N3O3/c1-4-24-27-15-13-21(29-24)19-9-7-14-28-26(19)32-23-16-18(12-11-17(23)2)25(30)20-8-5-6-10-22(20)31-3/h5-16H,4H2,1-3H3. The van der Waals surface area contributed by atoms with Gasteiger partial charge in [-0.25, -0.2) is 15.0 Å². The monoisotopic (exact) mass is 425 g/mol. The SMILES string of the molecule is CCc1nccc(-c2cccnc2Oc2cc(C(=O)c3ccccc3OC)ccc2C)n1. The van der Waals surface area contributed by atoms with Crippen LogP contribution in [0.1, 0.15) is 34.2 Å². The van der Waals surface area contributed by atoms with E-state index in [-0.39, 0.29) is 5.78 Å². The van der Waals surface area contributed by atoms with Gasteiger partial charge in [-0.15, -0.1) is 0 Å². The van der Waals surface area contributed by atoms with Crippen molar-refractivity contribution in [1.82, 2.24) is 15.0 Å². The number of hydrogen-bond acceptors (Lipinski definition) is 6. The van der Waals surface area contributed by atoms with Crippen LogP contribution in [0.3, 0.4) is 0 Å². The zero-order valence-electron chi connectivity index (χ0n) is 18.2. The van der Waals surface area contributed by atoms with Crippen LogP contribution >= 0.6 is 0 Å². The molecular formula is C26H23N3O3. The number of para-hydroxylation sites is 1. The second kappa shape index (κ2) is 9.39. The Morgan fingerprint density at radius 1 is 0.938 bits per heavy atom. The van der Waals surface area contributed by atoms with Crippen molar-refractivity contribution in [3.8, 4) is 28.6 Å². The van der Waals surface area contributed by atoms with Gasteiger partial charge in [0.05, 0.1) is 23.9 Å². The predicted octanol–water partition coefficient (Wildman–Crippen LogP) is 5.44. The molecule has 0 spiro atoms. The van der Waals surface area contributed by atoms with Gasteiger partial charge in [0.15, 0.2) is 5.78 Å². The Balaban J connectivity index is 1.70. The molecule has 4 aromatic rings. The number of benzene rings is 2. The van der Waals surface area contributed by atoms with Crippen molar-refractivity contribution in [2.45, 2.75) is 20.3 Å². The van der Waals surface area contributed by atoms with E-state index >= 15 is 0 Å². The topological polar surface area (TPSA) is 74.2 Å². The normalized spacial score (nSPS) is 10.6. The van der Waals surface area contributed by atoms with Crippen LogP contribution in [0.2, 0.25) is 0 Å². The van der Waals surface area contributed by atoms with Crippen LogP contribution in [0.25, 0.3) is 11.3 Å². The molecular weight excluding hydrogens is 402 g/mol. The number of rotatable bonds is 7. The maximum atomic E-state index is 13.1. The Bertz CT molecular complexity index is 1270. The van der Waals surface area contributed by atoms with Gasteiger partial charge < -0.3 is 9.47 Å². The third kappa shape index (κ3) is 4.34. The van der Waals surface area contributed by atoms with Crippen molar-refractivity contribution in [3.05, 3.63) is 95.6 Å². The molecule has 0 atom stereocenters. The summed E-state index contributed by atoms with van der Waals surface area (Å²) >= 11 is 0. The van der Waals surface area contributed by atoms with Gasteiger partial charge in [-0.1, -0.05) is 31.2 Å². The molecule has 0 unspecified atom stereocenters. The Hall–Kier alpha value is -4.06. The minimum atomic E-state index is -0.142. The molecule has 0 saturated carbocycles. The third-order valence-corrected chi connectivity index (χ3v) is 5.08. The summed E-state index contributed by atoms with van der Waals surface area (Å²) in [5, 5.41) is 0. The Labute approximate surface area is 186 Å². The van der Waals surface area contributed by atoms with E-state index in [0.717, 1.165) is 29.1 Å². The summed E-state index contributed by atoms with van der Waals surface area (Å²) in [6.07, 6.45) is 4.13. The van der Waals surface area contributed by atoms with E-state index < -0.39 is 0 Å². The summed E-state index contributed by atoms with van der Waals surface area (Å²) in [6, 6.07) is 18.1. The molecule has 2 heterocycles. The number of aromatic nitrogens is 3. The van der Waals surface area contributed by atoms with E-state index in [1.54, 1.807) is 43.8 Å². The van der Waals surface area contributed by atoms with Gasteiger partial charge in [0.2, 0.25) is 5.88 Å². The van der Waals surface area contributed by atoms with Crippen LogP contribution in [0.4, 0.5) is 0 Å². The van der Waals surface area contributed by atoms with E-state index in [0.29, 0.717) is 28.5 Å². The number of ketones is 1. The first-order valence-electron chi connectivity index (χ1n) is 10.3. The number of methoxy groups -OCH3 is 1. The third-order valence-electron chi connectivity index (χ3n) is 5.08. The van der Waals surface area contributed by atoms with E-state index in [4.69, 9.17) is 9.47 Å². The van der Waals surface area contributed by atoms with Crippen molar-refractivity contribution in [1.29, 1.82) is 0 Å². The van der Waals surface area contributed by atoms with Crippen molar-refractivity contribution >= 4 is 5.78 Å². The molecule has 0 amide bonds. The lowest BCUT2D eigenvalue weighted by molar-refractivity contribution is 0.103. The summed E-state index contributed by atoms with van der Waals surface area (Å²) in [4.78, 5) is 26.4. The van der Waals surface area contributed by atoms with Gasteiger partial charge in [-0.2, -0.15) is 0 Å². The Morgan fingerprint density at radius 3 is 2.59 bits per heavy atom. The summed E-state index contributed by atoms with van der Waals surface area (Å²) in [5.41, 5.74) is 3.37. The van der Waals surface area contributed by atoms with E-state index in [1.165, 1.54) is 0 Å². The van der Waals surface area contributed by atoms with Gasteiger partial charge in [0, 0.05) is 24.4 Å². The quantitative estimate of drug-likeness (QED) is 0.367. The van der Waals surface area contributed by atoms with Crippen molar-refractivity contribution < 1.29 is 14.3 Å². The number of carbonyl (C=O) groups is 1. The molecule has 0 N–H and O–H groups in total. The first-order valence-corrected chi connectivity index (χ1v) is 10.3. The van der Waals surface area contributed by atoms with E-state index in [1.807, 2.05) is 50.2 Å². The highest BCUT2D eigenvalue weighted by Crippen LogP contribution is 2.33. The first kappa shape index (κ1) is 21.2. The minimum Gasteiger partial charge on any atom is -0.496 e. The van der Waals surface area contributed by atoms with Crippen molar-refractivity contribution in [2.75, 3.05) is 7.11 Å². The molecule has 160 valence electrons. The molecule has 0 saturated heterocycles. The highest BCUT2D eigenvalue weighted by Gasteiger charge is 2.17. The van der Waals surface area contributed by atoms with Gasteiger partial charge in [-0.05, 0) is 48.9 Å². The van der Waals surface area contributed by atoms with Crippen LogP contribution in [0, 0.1) is 6.92 Å². The van der Waals surface area contributed by atoms with Crippen molar-refractivity contribution in [2.24, 2.45) is 0 Å². The second-order valence-corrected chi connectivity index (χ2v) is 7.18. The molecule has 32 heavy (non-hydrogen) atoms. The van der Waals surface area contributed by atoms with Crippen LogP contribution in [-0.4, -0.2) is 27.8 Å². The molecule has 0 radical (unpaired) electrons. The van der Waals surface area contributed by atoms with Gasteiger partial charge in [0.25, 0.3) is 0 Å². The smallest absolute Gasteiger partial charge is 0.228 e. The highest BCUT2D eigenvalue weighted by molar-refractivity contribution is 6.11. The number of pyridine rings is 1. The summed E-state index contributed by atoms with van der Waals surface area (Å²) in [6.45, 7) is 3.93. The fourth-order valence-electron chi connectivity index (χ4n) is 3.33. The largest absolute Gasteiger partial charge is 0.496 e. The Morgan fingerprint density at radius 2 is 1.78 bits per heavy atom. The van der Waals surface area contributed by atoms with E-state index in [2.05, 4.69) is 15.0 Å². The predicted molar refractivity (Wildman–Crippen MR) is 122 cm³/mol. The fraction of sp³-hybridized carbons (Fsp3) is 0.154. The average Bonchev–Trinajstić information content (AvgIpc) is 2.85. The average molecular weight is 425 g/mol. The lowest BCUT2D eigenvalue weighted by Crippen LogP contribution is -2.05. The Kier molecular flexibility index (Phi) is 6.22. The molecule has 0 aliphatic carbocycles. The second-order valence-electron chi connectivity index (χ2n) is 7.18. The fourth-order valence-corrected chi connectivity index (χ4v) is 3.33. The maximum Gasteiger partial charge on any atom is 0.228 e. The number of nitrogens with zero attached hydrogens (tertiary/aromatic N) is 3. The number of ether oxygens (including phenoxy) is 2. The van der Waals surface area contributed by atoms with Crippen LogP contribution < -0.4 is 9.47 Å². The summed E-state index contributed by atoms with van der Waals surface area (Å²) < 4.78 is 11.5. The van der Waals surface area contributed by atoms with Crippen molar-refractivity contribution in [3.63, 3.8) is 0 Å². The first-order chi connectivity index (χ1) is 15.6. The maximum absolute atomic E-state index is 13.1. The van der Waals surface area contributed by atoms with Gasteiger partial charge >= 0.3 is 0 Å². The molecule has 0 fully saturated rings. The van der Waals surface area contributed by atoms with E-state index in [9.17, 15) is 4.79 Å². The number of aryl methyl sites for hydroxylation is 2. The number of hydrogen-bond donors (Lipinski definition) is 0. The van der Waals surface area contributed by atoms with Gasteiger partial charge in [0.1, 0.15) is 17.3 Å². The molecule has 4 rings (SSSR count).